The van der Waals surface area contributed by atoms with Gasteiger partial charge in [-0.05, 0) is 68.7 Å². The second kappa shape index (κ2) is 10.1. The van der Waals surface area contributed by atoms with Crippen LogP contribution in [0.1, 0.15) is 43.5 Å². The number of urea groups is 1. The van der Waals surface area contributed by atoms with Crippen LogP contribution in [0.3, 0.4) is 0 Å². The zero-order valence-electron chi connectivity index (χ0n) is 18.6. The van der Waals surface area contributed by atoms with Gasteiger partial charge in [-0.3, -0.25) is 0 Å². The minimum Gasteiger partial charge on any atom is -0.367 e. The van der Waals surface area contributed by atoms with E-state index in [1.807, 2.05) is 68.4 Å². The van der Waals surface area contributed by atoms with E-state index >= 15 is 0 Å². The minimum atomic E-state index is -0.277. The van der Waals surface area contributed by atoms with Crippen LogP contribution in [-0.2, 0) is 0 Å². The number of hydrogen-bond acceptors (Lipinski definition) is 5. The van der Waals surface area contributed by atoms with Gasteiger partial charge in [0.15, 0.2) is 0 Å². The fourth-order valence-corrected chi connectivity index (χ4v) is 3.96. The molecule has 1 aliphatic carbocycles. The highest BCUT2D eigenvalue weighted by molar-refractivity contribution is 5.99. The SMILES string of the molecule is Cc1cccc(NC(=O)Nc2ccc(Nc3cc(NC4CCCCC4)nc(C)n3)cc2)c1. The van der Waals surface area contributed by atoms with Crippen LogP contribution in [0.4, 0.5) is 33.5 Å². The number of anilines is 5. The van der Waals surface area contributed by atoms with E-state index in [2.05, 4.69) is 31.2 Å². The molecule has 1 fully saturated rings. The molecule has 2 aromatic carbocycles. The molecule has 0 atom stereocenters. The smallest absolute Gasteiger partial charge is 0.323 e. The van der Waals surface area contributed by atoms with Crippen molar-refractivity contribution in [3.8, 4) is 0 Å². The Balaban J connectivity index is 1.35. The lowest BCUT2D eigenvalue weighted by atomic mass is 9.95. The van der Waals surface area contributed by atoms with Crippen molar-refractivity contribution in [3.05, 3.63) is 66.0 Å². The van der Waals surface area contributed by atoms with Crippen molar-refractivity contribution in [2.24, 2.45) is 0 Å². The van der Waals surface area contributed by atoms with Crippen molar-refractivity contribution < 1.29 is 4.79 Å². The number of carbonyl (C=O) groups is 1. The predicted molar refractivity (Wildman–Crippen MR) is 131 cm³/mol. The summed E-state index contributed by atoms with van der Waals surface area (Å²) in [5, 5.41) is 12.6. The molecule has 0 bridgehead atoms. The molecule has 32 heavy (non-hydrogen) atoms. The molecule has 0 unspecified atom stereocenters. The van der Waals surface area contributed by atoms with Gasteiger partial charge in [-0.25, -0.2) is 14.8 Å². The highest BCUT2D eigenvalue weighted by atomic mass is 16.2. The first-order chi connectivity index (χ1) is 15.5. The maximum absolute atomic E-state index is 12.2. The Hall–Kier alpha value is -3.61. The summed E-state index contributed by atoms with van der Waals surface area (Å²) in [4.78, 5) is 21.3. The highest BCUT2D eigenvalue weighted by Gasteiger charge is 2.14. The zero-order chi connectivity index (χ0) is 22.3. The standard InChI is InChI=1S/C25H30N6O/c1-17-7-6-10-22(15-17)31-25(32)30-21-13-11-20(12-14-21)29-24-16-23(26-18(2)27-24)28-19-8-4-3-5-9-19/h6-7,10-16,19H,3-5,8-9H2,1-2H3,(H2,30,31,32)(H2,26,27,28,29). The van der Waals surface area contributed by atoms with Gasteiger partial charge in [-0.15, -0.1) is 0 Å². The van der Waals surface area contributed by atoms with Crippen molar-refractivity contribution in [3.63, 3.8) is 0 Å². The average molecular weight is 431 g/mol. The first-order valence-electron chi connectivity index (χ1n) is 11.2. The van der Waals surface area contributed by atoms with Gasteiger partial charge in [0.1, 0.15) is 17.5 Å². The first kappa shape index (κ1) is 21.6. The Labute approximate surface area is 189 Å². The Morgan fingerprint density at radius 1 is 0.812 bits per heavy atom. The van der Waals surface area contributed by atoms with E-state index < -0.39 is 0 Å². The molecule has 0 spiro atoms. The molecular weight excluding hydrogens is 400 g/mol. The third-order valence-electron chi connectivity index (χ3n) is 5.49. The van der Waals surface area contributed by atoms with E-state index in [9.17, 15) is 4.79 Å². The number of amides is 2. The van der Waals surface area contributed by atoms with E-state index in [0.29, 0.717) is 11.7 Å². The molecule has 0 aliphatic heterocycles. The second-order valence-electron chi connectivity index (χ2n) is 8.32. The fraction of sp³-hybridized carbons (Fsp3) is 0.320. The summed E-state index contributed by atoms with van der Waals surface area (Å²) in [7, 11) is 0. The molecule has 166 valence electrons. The molecule has 1 heterocycles. The summed E-state index contributed by atoms with van der Waals surface area (Å²) < 4.78 is 0. The van der Waals surface area contributed by atoms with Crippen LogP contribution in [0.15, 0.2) is 54.6 Å². The van der Waals surface area contributed by atoms with Crippen LogP contribution in [0.2, 0.25) is 0 Å². The third kappa shape index (κ3) is 6.20. The number of carbonyl (C=O) groups excluding carboxylic acids is 1. The van der Waals surface area contributed by atoms with Crippen molar-refractivity contribution >= 4 is 34.7 Å². The lowest BCUT2D eigenvalue weighted by Crippen LogP contribution is -2.23. The number of nitrogens with one attached hydrogen (secondary N) is 4. The molecule has 1 aromatic heterocycles. The molecule has 4 rings (SSSR count). The Morgan fingerprint density at radius 2 is 1.50 bits per heavy atom. The summed E-state index contributed by atoms with van der Waals surface area (Å²) in [6.45, 7) is 3.89. The number of hydrogen-bond donors (Lipinski definition) is 4. The summed E-state index contributed by atoms with van der Waals surface area (Å²) in [5.74, 6) is 2.33. The van der Waals surface area contributed by atoms with Gasteiger partial charge in [0.25, 0.3) is 0 Å². The van der Waals surface area contributed by atoms with Crippen molar-refractivity contribution in [1.29, 1.82) is 0 Å². The van der Waals surface area contributed by atoms with E-state index in [0.717, 1.165) is 34.4 Å². The minimum absolute atomic E-state index is 0.277. The Morgan fingerprint density at radius 3 is 2.25 bits per heavy atom. The van der Waals surface area contributed by atoms with E-state index in [4.69, 9.17) is 0 Å². The van der Waals surface area contributed by atoms with Gasteiger partial charge in [-0.1, -0.05) is 31.4 Å². The van der Waals surface area contributed by atoms with Crippen molar-refractivity contribution in [2.45, 2.75) is 52.0 Å². The average Bonchev–Trinajstić information content (AvgIpc) is 2.75. The maximum atomic E-state index is 12.2. The van der Waals surface area contributed by atoms with E-state index in [1.54, 1.807) is 0 Å². The molecule has 2 amide bonds. The maximum Gasteiger partial charge on any atom is 0.323 e. The van der Waals surface area contributed by atoms with Crippen LogP contribution in [0.25, 0.3) is 0 Å². The van der Waals surface area contributed by atoms with Crippen LogP contribution >= 0.6 is 0 Å². The van der Waals surface area contributed by atoms with Gasteiger partial charge < -0.3 is 21.3 Å². The largest absolute Gasteiger partial charge is 0.367 e. The number of aryl methyl sites for hydroxylation is 2. The summed E-state index contributed by atoms with van der Waals surface area (Å²) in [6.07, 6.45) is 6.26. The molecular formula is C25H30N6O. The van der Waals surface area contributed by atoms with Crippen LogP contribution < -0.4 is 21.3 Å². The molecule has 7 nitrogen and oxygen atoms in total. The zero-order valence-corrected chi connectivity index (χ0v) is 18.6. The lowest BCUT2D eigenvalue weighted by Gasteiger charge is -2.23. The van der Waals surface area contributed by atoms with E-state index in [-0.39, 0.29) is 6.03 Å². The Kier molecular flexibility index (Phi) is 6.84. The molecule has 3 aromatic rings. The monoisotopic (exact) mass is 430 g/mol. The molecule has 7 heteroatoms. The van der Waals surface area contributed by atoms with Gasteiger partial charge in [0.05, 0.1) is 0 Å². The van der Waals surface area contributed by atoms with Crippen LogP contribution in [0, 0.1) is 13.8 Å². The summed E-state index contributed by atoms with van der Waals surface area (Å²) in [6, 6.07) is 17.4. The van der Waals surface area contributed by atoms with Crippen LogP contribution in [-0.4, -0.2) is 22.0 Å². The molecule has 1 aliphatic rings. The molecule has 4 N–H and O–H groups in total. The topological polar surface area (TPSA) is 91.0 Å². The third-order valence-corrected chi connectivity index (χ3v) is 5.49. The predicted octanol–water partition coefficient (Wildman–Crippen LogP) is 6.23. The molecule has 1 saturated carbocycles. The number of rotatable bonds is 6. The Bertz CT molecular complexity index is 1060. The summed E-state index contributed by atoms with van der Waals surface area (Å²) >= 11 is 0. The molecule has 0 saturated heterocycles. The van der Waals surface area contributed by atoms with Crippen LogP contribution in [0.5, 0.6) is 0 Å². The van der Waals surface area contributed by atoms with Crippen molar-refractivity contribution in [2.75, 3.05) is 21.3 Å². The second-order valence-corrected chi connectivity index (χ2v) is 8.32. The fourth-order valence-electron chi connectivity index (χ4n) is 3.96. The first-order valence-corrected chi connectivity index (χ1v) is 11.2. The lowest BCUT2D eigenvalue weighted by molar-refractivity contribution is 0.262. The normalized spacial score (nSPS) is 13.9. The highest BCUT2D eigenvalue weighted by Crippen LogP contribution is 2.23. The molecule has 0 radical (unpaired) electrons. The number of aromatic nitrogens is 2. The number of benzene rings is 2. The van der Waals surface area contributed by atoms with Gasteiger partial charge in [-0.2, -0.15) is 0 Å². The van der Waals surface area contributed by atoms with Gasteiger partial charge in [0.2, 0.25) is 0 Å². The van der Waals surface area contributed by atoms with Crippen molar-refractivity contribution in [1.82, 2.24) is 9.97 Å². The quantitative estimate of drug-likeness (QED) is 0.372. The van der Waals surface area contributed by atoms with Gasteiger partial charge in [0, 0.05) is 29.2 Å². The summed E-state index contributed by atoms with van der Waals surface area (Å²) in [5.41, 5.74) is 3.45. The van der Waals surface area contributed by atoms with E-state index in [1.165, 1.54) is 32.1 Å². The van der Waals surface area contributed by atoms with Gasteiger partial charge >= 0.3 is 6.03 Å². The number of nitrogens with zero attached hydrogens (tertiary/aromatic N) is 2.